The molecule has 0 radical (unpaired) electrons. The molecule has 0 spiro atoms. The number of likely N-dealkylation sites (tertiary alicyclic amines) is 1. The van der Waals surface area contributed by atoms with Gasteiger partial charge in [0, 0.05) is 19.1 Å². The van der Waals surface area contributed by atoms with Crippen LogP contribution in [-0.4, -0.2) is 36.5 Å². The smallest absolute Gasteiger partial charge is 0.387 e. The minimum absolute atomic E-state index is 0.0293. The van der Waals surface area contributed by atoms with Crippen LogP contribution in [0.5, 0.6) is 5.75 Å². The van der Waals surface area contributed by atoms with Crippen LogP contribution in [0, 0.1) is 0 Å². The summed E-state index contributed by atoms with van der Waals surface area (Å²) < 4.78 is 28.5. The lowest BCUT2D eigenvalue weighted by molar-refractivity contribution is -0.0499. The summed E-state index contributed by atoms with van der Waals surface area (Å²) >= 11 is 1.10. The van der Waals surface area contributed by atoms with Crippen LogP contribution < -0.4 is 10.5 Å². The van der Waals surface area contributed by atoms with E-state index in [1.54, 1.807) is 10.3 Å². The van der Waals surface area contributed by atoms with E-state index >= 15 is 0 Å². The number of carbonyl (C=O) groups is 1. The number of nitrogens with two attached hydrogens (primary N) is 1. The summed E-state index contributed by atoms with van der Waals surface area (Å²) in [5.74, 6) is -0.348. The monoisotopic (exact) mass is 262 g/mol. The van der Waals surface area contributed by atoms with Crippen molar-refractivity contribution in [3.8, 4) is 5.75 Å². The second-order valence-electron chi connectivity index (χ2n) is 3.79. The number of halogens is 2. The number of carbonyl (C=O) groups excluding carboxylic acids is 1. The molecule has 1 fully saturated rings. The van der Waals surface area contributed by atoms with Gasteiger partial charge in [-0.15, -0.1) is 11.3 Å². The first-order chi connectivity index (χ1) is 8.08. The van der Waals surface area contributed by atoms with Crippen LogP contribution in [0.4, 0.5) is 8.78 Å². The highest BCUT2D eigenvalue weighted by atomic mass is 32.1. The Balaban J connectivity index is 2.11. The molecule has 7 heteroatoms. The highest BCUT2D eigenvalue weighted by Gasteiger charge is 2.28. The maximum atomic E-state index is 12.1. The van der Waals surface area contributed by atoms with E-state index in [4.69, 9.17) is 5.73 Å². The Morgan fingerprint density at radius 3 is 3.00 bits per heavy atom. The Hall–Kier alpha value is -1.21. The molecule has 0 aromatic carbocycles. The fraction of sp³-hybridized carbons (Fsp3) is 0.500. The van der Waals surface area contributed by atoms with Crippen molar-refractivity contribution in [1.82, 2.24) is 4.90 Å². The standard InChI is InChI=1S/C10H12F2N2O2S/c11-10(12)16-7-2-4-17-8(7)9(15)14-3-1-6(13)5-14/h2,4,6,10H,1,3,5,13H2/t6-/m1/s1. The molecule has 1 aliphatic rings. The predicted molar refractivity (Wildman–Crippen MR) is 59.4 cm³/mol. The Bertz CT molecular complexity index is 411. The Morgan fingerprint density at radius 1 is 1.65 bits per heavy atom. The highest BCUT2D eigenvalue weighted by Crippen LogP contribution is 2.28. The lowest BCUT2D eigenvalue weighted by Gasteiger charge is -2.15. The lowest BCUT2D eigenvalue weighted by atomic mass is 10.3. The van der Waals surface area contributed by atoms with E-state index < -0.39 is 6.61 Å². The zero-order chi connectivity index (χ0) is 12.4. The van der Waals surface area contributed by atoms with Gasteiger partial charge in [0.1, 0.15) is 10.6 Å². The first-order valence-corrected chi connectivity index (χ1v) is 6.03. The maximum Gasteiger partial charge on any atom is 0.387 e. The maximum absolute atomic E-state index is 12.1. The highest BCUT2D eigenvalue weighted by molar-refractivity contribution is 7.12. The molecule has 17 heavy (non-hydrogen) atoms. The van der Waals surface area contributed by atoms with Crippen molar-refractivity contribution >= 4 is 17.2 Å². The molecule has 1 amide bonds. The molecule has 1 saturated heterocycles. The van der Waals surface area contributed by atoms with E-state index in [1.807, 2.05) is 0 Å². The van der Waals surface area contributed by atoms with Gasteiger partial charge in [-0.2, -0.15) is 8.78 Å². The molecule has 0 aliphatic carbocycles. The molecule has 2 heterocycles. The molecular weight excluding hydrogens is 250 g/mol. The average molecular weight is 262 g/mol. The number of hydrogen-bond donors (Lipinski definition) is 1. The fourth-order valence-corrected chi connectivity index (χ4v) is 2.55. The third-order valence-corrected chi connectivity index (χ3v) is 3.43. The van der Waals surface area contributed by atoms with E-state index in [0.29, 0.717) is 13.1 Å². The molecule has 2 rings (SSSR count). The Kier molecular flexibility index (Phi) is 3.58. The lowest BCUT2D eigenvalue weighted by Crippen LogP contribution is -2.31. The SMILES string of the molecule is N[C@@H]1CCN(C(=O)c2sccc2OC(F)F)C1. The van der Waals surface area contributed by atoms with Crippen molar-refractivity contribution in [3.63, 3.8) is 0 Å². The van der Waals surface area contributed by atoms with Crippen LogP contribution in [-0.2, 0) is 0 Å². The van der Waals surface area contributed by atoms with Crippen molar-refractivity contribution < 1.29 is 18.3 Å². The molecule has 4 nitrogen and oxygen atoms in total. The molecule has 1 aromatic heterocycles. The summed E-state index contributed by atoms with van der Waals surface area (Å²) in [6.45, 7) is -1.89. The van der Waals surface area contributed by atoms with Crippen LogP contribution >= 0.6 is 11.3 Å². The van der Waals surface area contributed by atoms with E-state index in [-0.39, 0.29) is 22.6 Å². The molecular formula is C10H12F2N2O2S. The number of nitrogens with zero attached hydrogens (tertiary/aromatic N) is 1. The predicted octanol–water partition coefficient (Wildman–Crippen LogP) is 1.52. The van der Waals surface area contributed by atoms with E-state index in [2.05, 4.69) is 4.74 Å². The van der Waals surface area contributed by atoms with Gasteiger partial charge in [-0.05, 0) is 17.9 Å². The summed E-state index contributed by atoms with van der Waals surface area (Å²) in [6.07, 6.45) is 0.738. The topological polar surface area (TPSA) is 55.6 Å². The van der Waals surface area contributed by atoms with Gasteiger partial charge in [0.25, 0.3) is 5.91 Å². The summed E-state index contributed by atoms with van der Waals surface area (Å²) in [7, 11) is 0. The molecule has 94 valence electrons. The van der Waals surface area contributed by atoms with Gasteiger partial charge in [0.2, 0.25) is 0 Å². The second kappa shape index (κ2) is 4.97. The third-order valence-electron chi connectivity index (χ3n) is 2.55. The van der Waals surface area contributed by atoms with Crippen molar-refractivity contribution in [1.29, 1.82) is 0 Å². The van der Waals surface area contributed by atoms with Gasteiger partial charge in [0.15, 0.2) is 0 Å². The molecule has 1 atom stereocenters. The van der Waals surface area contributed by atoms with Crippen molar-refractivity contribution in [2.24, 2.45) is 5.73 Å². The normalized spacial score (nSPS) is 20.0. The van der Waals surface area contributed by atoms with E-state index in [0.717, 1.165) is 17.8 Å². The summed E-state index contributed by atoms with van der Waals surface area (Å²) in [5.41, 5.74) is 5.69. The minimum Gasteiger partial charge on any atom is -0.433 e. The van der Waals surface area contributed by atoms with Crippen LogP contribution in [0.25, 0.3) is 0 Å². The molecule has 2 N–H and O–H groups in total. The number of amides is 1. The number of alkyl halides is 2. The molecule has 1 aromatic rings. The zero-order valence-corrected chi connectivity index (χ0v) is 9.75. The molecule has 0 unspecified atom stereocenters. The minimum atomic E-state index is -2.92. The number of rotatable bonds is 3. The molecule has 1 aliphatic heterocycles. The van der Waals surface area contributed by atoms with Gasteiger partial charge in [-0.25, -0.2) is 0 Å². The zero-order valence-electron chi connectivity index (χ0n) is 8.94. The van der Waals surface area contributed by atoms with Crippen LogP contribution in [0.15, 0.2) is 11.4 Å². The average Bonchev–Trinajstić information content (AvgIpc) is 2.85. The van der Waals surface area contributed by atoms with Crippen molar-refractivity contribution in [3.05, 3.63) is 16.3 Å². The van der Waals surface area contributed by atoms with Gasteiger partial charge < -0.3 is 15.4 Å². The van der Waals surface area contributed by atoms with Crippen molar-refractivity contribution in [2.45, 2.75) is 19.1 Å². The summed E-state index contributed by atoms with van der Waals surface area (Å²) in [4.78, 5) is 13.8. The number of hydrogen-bond acceptors (Lipinski definition) is 4. The Morgan fingerprint density at radius 2 is 2.41 bits per heavy atom. The number of thiophene rings is 1. The van der Waals surface area contributed by atoms with Crippen LogP contribution in [0.2, 0.25) is 0 Å². The Labute approximate surface area is 101 Å². The quantitative estimate of drug-likeness (QED) is 0.898. The summed E-state index contributed by atoms with van der Waals surface area (Å²) in [5, 5.41) is 1.56. The molecule has 0 bridgehead atoms. The van der Waals surface area contributed by atoms with E-state index in [9.17, 15) is 13.6 Å². The van der Waals surface area contributed by atoms with Gasteiger partial charge >= 0.3 is 6.61 Å². The first kappa shape index (κ1) is 12.3. The van der Waals surface area contributed by atoms with Crippen molar-refractivity contribution in [2.75, 3.05) is 13.1 Å². The first-order valence-electron chi connectivity index (χ1n) is 5.15. The van der Waals surface area contributed by atoms with Gasteiger partial charge in [-0.3, -0.25) is 4.79 Å². The number of ether oxygens (including phenoxy) is 1. The van der Waals surface area contributed by atoms with Crippen LogP contribution in [0.1, 0.15) is 16.1 Å². The van der Waals surface area contributed by atoms with Gasteiger partial charge in [-0.1, -0.05) is 0 Å². The second-order valence-corrected chi connectivity index (χ2v) is 4.71. The summed E-state index contributed by atoms with van der Waals surface area (Å²) in [6, 6.07) is 1.35. The third kappa shape index (κ3) is 2.73. The van der Waals surface area contributed by atoms with Crippen LogP contribution in [0.3, 0.4) is 0 Å². The largest absolute Gasteiger partial charge is 0.433 e. The fourth-order valence-electron chi connectivity index (χ4n) is 1.76. The van der Waals surface area contributed by atoms with Gasteiger partial charge in [0.05, 0.1) is 0 Å². The molecule has 0 saturated carbocycles. The van der Waals surface area contributed by atoms with E-state index in [1.165, 1.54) is 6.07 Å².